The molecule has 0 saturated carbocycles. The van der Waals surface area contributed by atoms with Gasteiger partial charge in [-0.05, 0) is 13.0 Å². The highest BCUT2D eigenvalue weighted by molar-refractivity contribution is 6.04. The van der Waals surface area contributed by atoms with E-state index in [0.29, 0.717) is 5.56 Å². The van der Waals surface area contributed by atoms with Gasteiger partial charge in [0.05, 0.1) is 12.5 Å². The topological polar surface area (TPSA) is 108 Å². The third kappa shape index (κ3) is 3.70. The maximum atomic E-state index is 12.5. The van der Waals surface area contributed by atoms with Crippen LogP contribution in [0.4, 0.5) is 0 Å². The molecule has 1 N–H and O–H groups in total. The van der Waals surface area contributed by atoms with Crippen LogP contribution in [0, 0.1) is 5.92 Å². The zero-order valence-electron chi connectivity index (χ0n) is 13.2. The Hall–Kier alpha value is -2.90. The number of esters is 3. The molecule has 1 aromatic rings. The molecule has 1 aromatic carbocycles. The Morgan fingerprint density at radius 1 is 1.17 bits per heavy atom. The highest BCUT2D eigenvalue weighted by Crippen LogP contribution is 2.38. The molecule has 0 aromatic heterocycles. The van der Waals surface area contributed by atoms with Crippen molar-refractivity contribution in [3.05, 3.63) is 29.8 Å². The molecule has 1 aliphatic rings. The van der Waals surface area contributed by atoms with Crippen molar-refractivity contribution in [2.24, 2.45) is 5.92 Å². The average molecular weight is 335 g/mol. The molecule has 0 fully saturated rings. The van der Waals surface area contributed by atoms with Crippen LogP contribution in [0.2, 0.25) is 0 Å². The molecule has 1 heterocycles. The number of nitrogens with one attached hydrogen (secondary N) is 1. The van der Waals surface area contributed by atoms with E-state index in [2.05, 4.69) is 10.1 Å². The fourth-order valence-electron chi connectivity index (χ4n) is 2.39. The molecule has 2 rings (SSSR count). The van der Waals surface area contributed by atoms with Crippen molar-refractivity contribution in [1.82, 2.24) is 5.32 Å². The number of fused-ring (bicyclic) bond motifs is 1. The molecule has 8 heteroatoms. The van der Waals surface area contributed by atoms with Gasteiger partial charge < -0.3 is 19.5 Å². The molecule has 0 spiro atoms. The maximum absolute atomic E-state index is 12.5. The summed E-state index contributed by atoms with van der Waals surface area (Å²) in [6.45, 7) is 2.49. The summed E-state index contributed by atoms with van der Waals surface area (Å²) in [4.78, 5) is 47.6. The molecule has 24 heavy (non-hydrogen) atoms. The maximum Gasteiger partial charge on any atom is 0.326 e. The van der Waals surface area contributed by atoms with Gasteiger partial charge in [0, 0.05) is 12.5 Å². The van der Waals surface area contributed by atoms with E-state index in [1.807, 2.05) is 0 Å². The summed E-state index contributed by atoms with van der Waals surface area (Å²) in [5, 5.41) is 2.37. The molecule has 128 valence electrons. The average Bonchev–Trinajstić information content (AvgIpc) is 2.53. The van der Waals surface area contributed by atoms with Crippen molar-refractivity contribution in [2.75, 3.05) is 13.3 Å². The predicted octanol–water partition coefficient (Wildman–Crippen LogP) is 0.505. The van der Waals surface area contributed by atoms with Crippen LogP contribution < -0.4 is 10.1 Å². The summed E-state index contributed by atoms with van der Waals surface area (Å²) >= 11 is 0. The van der Waals surface area contributed by atoms with Gasteiger partial charge in [-0.15, -0.1) is 0 Å². The van der Waals surface area contributed by atoms with Crippen molar-refractivity contribution in [2.45, 2.75) is 19.8 Å². The van der Waals surface area contributed by atoms with Gasteiger partial charge in [0.2, 0.25) is 5.91 Å². The Bertz CT molecular complexity index is 670. The van der Waals surface area contributed by atoms with Crippen molar-refractivity contribution in [3.63, 3.8) is 0 Å². The molecule has 0 aliphatic carbocycles. The van der Waals surface area contributed by atoms with Crippen molar-refractivity contribution < 1.29 is 33.4 Å². The third-order valence-electron chi connectivity index (χ3n) is 3.40. The Morgan fingerprint density at radius 2 is 1.88 bits per heavy atom. The van der Waals surface area contributed by atoms with Crippen molar-refractivity contribution in [1.29, 1.82) is 0 Å². The van der Waals surface area contributed by atoms with E-state index in [4.69, 9.17) is 9.47 Å². The number of rotatable bonds is 5. The first kappa shape index (κ1) is 17.5. The molecule has 8 nitrogen and oxygen atoms in total. The molecular formula is C16H17NO7. The van der Waals surface area contributed by atoms with Crippen LogP contribution in [0.5, 0.6) is 5.75 Å². The number of benzene rings is 1. The standard InChI is InChI=1S/C16H17NO7/c1-3-22-15(20)13-12(14(19)17-8-23-9(2)18)10-6-4-5-7-11(10)24-16(13)21/h4-7,12-13H,3,8H2,1-2H3,(H,17,19)/t12-,13+/m0/s1. The lowest BCUT2D eigenvalue weighted by Crippen LogP contribution is -2.45. The predicted molar refractivity (Wildman–Crippen MR) is 79.7 cm³/mol. The van der Waals surface area contributed by atoms with Crippen LogP contribution in [-0.4, -0.2) is 37.2 Å². The summed E-state index contributed by atoms with van der Waals surface area (Å²) < 4.78 is 14.7. The zero-order valence-corrected chi connectivity index (χ0v) is 13.2. The first-order valence-electron chi connectivity index (χ1n) is 7.34. The van der Waals surface area contributed by atoms with Crippen LogP contribution >= 0.6 is 0 Å². The third-order valence-corrected chi connectivity index (χ3v) is 3.40. The second-order valence-corrected chi connectivity index (χ2v) is 4.99. The monoisotopic (exact) mass is 335 g/mol. The quantitative estimate of drug-likeness (QED) is 0.361. The fraction of sp³-hybridized carbons (Fsp3) is 0.375. The van der Waals surface area contributed by atoms with E-state index < -0.39 is 35.7 Å². The van der Waals surface area contributed by atoms with Crippen LogP contribution in [0.15, 0.2) is 24.3 Å². The van der Waals surface area contributed by atoms with E-state index >= 15 is 0 Å². The zero-order chi connectivity index (χ0) is 17.7. The SMILES string of the molecule is CCOC(=O)[C@@H]1C(=O)Oc2ccccc2[C@@H]1C(=O)NCOC(C)=O. The molecule has 2 atom stereocenters. The van der Waals surface area contributed by atoms with Crippen LogP contribution in [0.3, 0.4) is 0 Å². The van der Waals surface area contributed by atoms with Crippen molar-refractivity contribution >= 4 is 23.8 Å². The van der Waals surface area contributed by atoms with Gasteiger partial charge in [-0.2, -0.15) is 0 Å². The number of hydrogen-bond donors (Lipinski definition) is 1. The lowest BCUT2D eigenvalue weighted by molar-refractivity contribution is -0.162. The molecule has 1 amide bonds. The van der Waals surface area contributed by atoms with Gasteiger partial charge in [-0.3, -0.25) is 19.2 Å². The summed E-state index contributed by atoms with van der Waals surface area (Å²) in [5.74, 6) is -5.26. The Morgan fingerprint density at radius 3 is 2.54 bits per heavy atom. The number of carbonyl (C=O) groups is 4. The fourth-order valence-corrected chi connectivity index (χ4v) is 2.39. The highest BCUT2D eigenvalue weighted by Gasteiger charge is 2.47. The van der Waals surface area contributed by atoms with E-state index in [1.165, 1.54) is 13.0 Å². The molecule has 1 aliphatic heterocycles. The second-order valence-electron chi connectivity index (χ2n) is 4.99. The van der Waals surface area contributed by atoms with Gasteiger partial charge in [-0.1, -0.05) is 18.2 Å². The number of ether oxygens (including phenoxy) is 3. The van der Waals surface area contributed by atoms with E-state index in [1.54, 1.807) is 25.1 Å². The van der Waals surface area contributed by atoms with Crippen LogP contribution in [-0.2, 0) is 28.7 Å². The van der Waals surface area contributed by atoms with Crippen molar-refractivity contribution in [3.8, 4) is 5.75 Å². The van der Waals surface area contributed by atoms with Gasteiger partial charge in [-0.25, -0.2) is 0 Å². The van der Waals surface area contributed by atoms with Crippen LogP contribution in [0.1, 0.15) is 25.3 Å². The number of amides is 1. The lowest BCUT2D eigenvalue weighted by Gasteiger charge is -2.29. The molecular weight excluding hydrogens is 318 g/mol. The molecule has 0 unspecified atom stereocenters. The first-order chi connectivity index (χ1) is 11.5. The first-order valence-corrected chi connectivity index (χ1v) is 7.34. The number of hydrogen-bond acceptors (Lipinski definition) is 7. The normalized spacial score (nSPS) is 18.8. The summed E-state index contributed by atoms with van der Waals surface area (Å²) in [6, 6.07) is 6.42. The summed E-state index contributed by atoms with van der Waals surface area (Å²) in [5.41, 5.74) is 0.385. The number of para-hydroxylation sites is 1. The Balaban J connectivity index is 2.32. The van der Waals surface area contributed by atoms with Gasteiger partial charge in [0.1, 0.15) is 5.75 Å². The minimum atomic E-state index is -1.42. The van der Waals surface area contributed by atoms with E-state index in [9.17, 15) is 19.2 Å². The van der Waals surface area contributed by atoms with Crippen LogP contribution in [0.25, 0.3) is 0 Å². The molecule has 0 bridgehead atoms. The second kappa shape index (κ2) is 7.58. The molecule has 0 radical (unpaired) electrons. The lowest BCUT2D eigenvalue weighted by atomic mass is 9.82. The Labute approximate surface area is 138 Å². The smallest absolute Gasteiger partial charge is 0.326 e. The minimum absolute atomic E-state index is 0.0616. The minimum Gasteiger partial charge on any atom is -0.465 e. The molecule has 0 saturated heterocycles. The van der Waals surface area contributed by atoms with Gasteiger partial charge in [0.15, 0.2) is 12.6 Å². The van der Waals surface area contributed by atoms with Gasteiger partial charge in [0.25, 0.3) is 0 Å². The van der Waals surface area contributed by atoms with E-state index in [0.717, 1.165) is 0 Å². The Kier molecular flexibility index (Phi) is 5.51. The number of carbonyl (C=O) groups excluding carboxylic acids is 4. The summed E-state index contributed by atoms with van der Waals surface area (Å²) in [7, 11) is 0. The van der Waals surface area contributed by atoms with Gasteiger partial charge >= 0.3 is 17.9 Å². The summed E-state index contributed by atoms with van der Waals surface area (Å²) in [6.07, 6.45) is 0. The highest BCUT2D eigenvalue weighted by atomic mass is 16.6. The largest absolute Gasteiger partial charge is 0.465 e. The van der Waals surface area contributed by atoms with E-state index in [-0.39, 0.29) is 19.1 Å².